The molecule has 6 heteroatoms. The first-order chi connectivity index (χ1) is 9.96. The molecule has 1 saturated heterocycles. The molecule has 21 heavy (non-hydrogen) atoms. The number of nitrogens with zero attached hydrogens (tertiary/aromatic N) is 1. The molecule has 5 nitrogen and oxygen atoms in total. The molecule has 0 radical (unpaired) electrons. The van der Waals surface area contributed by atoms with E-state index in [0.717, 1.165) is 18.4 Å². The van der Waals surface area contributed by atoms with E-state index in [1.807, 2.05) is 19.1 Å². The van der Waals surface area contributed by atoms with Crippen LogP contribution in [0.1, 0.15) is 38.2 Å². The van der Waals surface area contributed by atoms with Crippen molar-refractivity contribution in [2.75, 3.05) is 6.54 Å². The van der Waals surface area contributed by atoms with Gasteiger partial charge < -0.3 is 5.11 Å². The lowest BCUT2D eigenvalue weighted by Crippen LogP contribution is -2.44. The number of carboxylic acid groups (broad SMARTS) is 1. The van der Waals surface area contributed by atoms with Crippen molar-refractivity contribution in [3.05, 3.63) is 29.8 Å². The van der Waals surface area contributed by atoms with Gasteiger partial charge in [-0.2, -0.15) is 4.31 Å². The van der Waals surface area contributed by atoms with Crippen molar-refractivity contribution >= 4 is 16.0 Å². The summed E-state index contributed by atoms with van der Waals surface area (Å²) in [6.07, 6.45) is 2.77. The number of hydrogen-bond donors (Lipinski definition) is 1. The molecule has 1 aromatic carbocycles. The van der Waals surface area contributed by atoms with E-state index in [4.69, 9.17) is 5.11 Å². The smallest absolute Gasteiger partial charge is 0.304 e. The van der Waals surface area contributed by atoms with Crippen LogP contribution in [0.3, 0.4) is 0 Å². The second-order valence-corrected chi connectivity index (χ2v) is 7.18. The van der Waals surface area contributed by atoms with E-state index in [0.29, 0.717) is 24.3 Å². The molecule has 0 aliphatic carbocycles. The molecular weight excluding hydrogens is 290 g/mol. The molecule has 1 fully saturated rings. The number of hydrogen-bond acceptors (Lipinski definition) is 3. The normalized spacial score (nSPS) is 20.3. The highest BCUT2D eigenvalue weighted by atomic mass is 32.2. The summed E-state index contributed by atoms with van der Waals surface area (Å²) in [5.74, 6) is -0.953. The third kappa shape index (κ3) is 3.44. The molecule has 0 saturated carbocycles. The van der Waals surface area contributed by atoms with Crippen LogP contribution in [0.25, 0.3) is 0 Å². The first-order valence-corrected chi connectivity index (χ1v) is 8.72. The molecule has 1 N–H and O–H groups in total. The van der Waals surface area contributed by atoms with Crippen LogP contribution in [0.2, 0.25) is 0 Å². The van der Waals surface area contributed by atoms with Crippen molar-refractivity contribution in [3.8, 4) is 0 Å². The van der Waals surface area contributed by atoms with Crippen molar-refractivity contribution in [3.63, 3.8) is 0 Å². The van der Waals surface area contributed by atoms with Gasteiger partial charge in [0.25, 0.3) is 0 Å². The van der Waals surface area contributed by atoms with Gasteiger partial charge >= 0.3 is 5.97 Å². The lowest BCUT2D eigenvalue weighted by molar-refractivity contribution is -0.138. The van der Waals surface area contributed by atoms with E-state index in [-0.39, 0.29) is 6.42 Å². The molecule has 1 aromatic rings. The molecular formula is C15H21NO4S. The zero-order chi connectivity index (χ0) is 15.5. The molecule has 0 bridgehead atoms. The summed E-state index contributed by atoms with van der Waals surface area (Å²) < 4.78 is 27.2. The number of carboxylic acids is 1. The second-order valence-electron chi connectivity index (χ2n) is 5.32. The number of piperidine rings is 1. The number of benzene rings is 1. The lowest BCUT2D eigenvalue weighted by atomic mass is 10.0. The Morgan fingerprint density at radius 3 is 2.71 bits per heavy atom. The van der Waals surface area contributed by atoms with E-state index in [1.165, 1.54) is 4.31 Å². The van der Waals surface area contributed by atoms with E-state index < -0.39 is 22.0 Å². The second kappa shape index (κ2) is 6.58. The summed E-state index contributed by atoms with van der Waals surface area (Å²) >= 11 is 0. The Bertz CT molecular complexity index is 612. The fraction of sp³-hybridized carbons (Fsp3) is 0.533. The maximum Gasteiger partial charge on any atom is 0.304 e. The number of aryl methyl sites for hydroxylation is 1. The molecule has 0 amide bonds. The molecule has 0 spiro atoms. The summed E-state index contributed by atoms with van der Waals surface area (Å²) in [6, 6.07) is 6.51. The summed E-state index contributed by atoms with van der Waals surface area (Å²) in [5.41, 5.74) is 0.775. The SMILES string of the molecule is CCc1ccccc1S(=O)(=O)N1CCCCC1CC(=O)O. The van der Waals surface area contributed by atoms with Gasteiger partial charge in [-0.15, -0.1) is 0 Å². The summed E-state index contributed by atoms with van der Waals surface area (Å²) in [6.45, 7) is 2.32. The van der Waals surface area contributed by atoms with Crippen molar-refractivity contribution < 1.29 is 18.3 Å². The maximum atomic E-state index is 12.9. The fourth-order valence-corrected chi connectivity index (χ4v) is 4.86. The van der Waals surface area contributed by atoms with Crippen LogP contribution in [0.5, 0.6) is 0 Å². The monoisotopic (exact) mass is 311 g/mol. The van der Waals surface area contributed by atoms with Gasteiger partial charge in [0.05, 0.1) is 11.3 Å². The van der Waals surface area contributed by atoms with Crippen LogP contribution in [-0.2, 0) is 21.2 Å². The first-order valence-electron chi connectivity index (χ1n) is 7.28. The molecule has 1 aliphatic rings. The van der Waals surface area contributed by atoms with Crippen LogP contribution in [0.4, 0.5) is 0 Å². The van der Waals surface area contributed by atoms with Gasteiger partial charge in [-0.05, 0) is 30.9 Å². The number of carbonyl (C=O) groups is 1. The number of rotatable bonds is 5. The van der Waals surface area contributed by atoms with Gasteiger partial charge in [-0.3, -0.25) is 4.79 Å². The minimum absolute atomic E-state index is 0.131. The Morgan fingerprint density at radius 2 is 2.05 bits per heavy atom. The van der Waals surface area contributed by atoms with Gasteiger partial charge in [0, 0.05) is 12.6 Å². The Balaban J connectivity index is 2.38. The summed E-state index contributed by atoms with van der Waals surface area (Å²) in [4.78, 5) is 11.3. The first kappa shape index (κ1) is 16.0. The Morgan fingerprint density at radius 1 is 1.33 bits per heavy atom. The van der Waals surface area contributed by atoms with Crippen molar-refractivity contribution in [1.29, 1.82) is 0 Å². The highest BCUT2D eigenvalue weighted by Gasteiger charge is 2.35. The van der Waals surface area contributed by atoms with Crippen molar-refractivity contribution in [2.24, 2.45) is 0 Å². The third-order valence-corrected chi connectivity index (χ3v) is 5.98. The predicted octanol–water partition coefficient (Wildman–Crippen LogP) is 2.27. The minimum Gasteiger partial charge on any atom is -0.481 e. The van der Waals surface area contributed by atoms with Crippen LogP contribution < -0.4 is 0 Å². The molecule has 116 valence electrons. The maximum absolute atomic E-state index is 12.9. The largest absolute Gasteiger partial charge is 0.481 e. The van der Waals surface area contributed by atoms with Crippen LogP contribution in [0.15, 0.2) is 29.2 Å². The predicted molar refractivity (Wildman–Crippen MR) is 79.6 cm³/mol. The number of aliphatic carboxylic acids is 1. The van der Waals surface area contributed by atoms with Gasteiger partial charge in [-0.1, -0.05) is 31.5 Å². The Labute approximate surface area is 125 Å². The summed E-state index contributed by atoms with van der Waals surface area (Å²) in [5, 5.41) is 9.00. The topological polar surface area (TPSA) is 74.7 Å². The molecule has 2 rings (SSSR count). The van der Waals surface area contributed by atoms with E-state index in [9.17, 15) is 13.2 Å². The highest BCUT2D eigenvalue weighted by Crippen LogP contribution is 2.28. The van der Waals surface area contributed by atoms with E-state index in [1.54, 1.807) is 12.1 Å². The van der Waals surface area contributed by atoms with Crippen molar-refractivity contribution in [2.45, 2.75) is 50.0 Å². The van der Waals surface area contributed by atoms with Crippen molar-refractivity contribution in [1.82, 2.24) is 4.31 Å². The molecule has 1 atom stereocenters. The molecule has 1 heterocycles. The highest BCUT2D eigenvalue weighted by molar-refractivity contribution is 7.89. The fourth-order valence-electron chi connectivity index (χ4n) is 2.87. The molecule has 1 unspecified atom stereocenters. The zero-order valence-electron chi connectivity index (χ0n) is 12.2. The average Bonchev–Trinajstić information content (AvgIpc) is 2.47. The third-order valence-electron chi connectivity index (χ3n) is 3.92. The quantitative estimate of drug-likeness (QED) is 0.905. The minimum atomic E-state index is -3.63. The molecule has 0 aromatic heterocycles. The Kier molecular flexibility index (Phi) is 5.00. The van der Waals surface area contributed by atoms with Gasteiger partial charge in [-0.25, -0.2) is 8.42 Å². The summed E-state index contributed by atoms with van der Waals surface area (Å²) in [7, 11) is -3.63. The van der Waals surface area contributed by atoms with E-state index in [2.05, 4.69) is 0 Å². The van der Waals surface area contributed by atoms with Gasteiger partial charge in [0.15, 0.2) is 0 Å². The lowest BCUT2D eigenvalue weighted by Gasteiger charge is -2.34. The molecule has 1 aliphatic heterocycles. The standard InChI is InChI=1S/C15H21NO4S/c1-2-12-7-3-4-9-14(12)21(19,20)16-10-6-5-8-13(16)11-15(17)18/h3-4,7,9,13H,2,5-6,8,10-11H2,1H3,(H,17,18). The van der Waals surface area contributed by atoms with Crippen LogP contribution >= 0.6 is 0 Å². The van der Waals surface area contributed by atoms with E-state index >= 15 is 0 Å². The van der Waals surface area contributed by atoms with Gasteiger partial charge in [0.2, 0.25) is 10.0 Å². The Hall–Kier alpha value is -1.40. The number of sulfonamides is 1. The average molecular weight is 311 g/mol. The van der Waals surface area contributed by atoms with Crippen LogP contribution in [0, 0.1) is 0 Å². The van der Waals surface area contributed by atoms with Gasteiger partial charge in [0.1, 0.15) is 0 Å². The van der Waals surface area contributed by atoms with Crippen LogP contribution in [-0.4, -0.2) is 36.4 Å². The zero-order valence-corrected chi connectivity index (χ0v) is 13.0.